The predicted octanol–water partition coefficient (Wildman–Crippen LogP) is 16.5. The molecule has 0 spiro atoms. The third kappa shape index (κ3) is 5.72. The van der Waals surface area contributed by atoms with Crippen molar-refractivity contribution in [2.45, 2.75) is 12.8 Å². The Morgan fingerprint density at radius 1 is 0.367 bits per heavy atom. The molecule has 12 rings (SSSR count). The summed E-state index contributed by atoms with van der Waals surface area (Å²) < 4.78 is 6.51. The van der Waals surface area contributed by atoms with Crippen LogP contribution in [0.25, 0.3) is 93.5 Å². The maximum absolute atomic E-state index is 6.51. The van der Waals surface area contributed by atoms with Gasteiger partial charge in [0.25, 0.3) is 0 Å². The fourth-order valence-corrected chi connectivity index (χ4v) is 9.58. The maximum atomic E-state index is 6.51. The van der Waals surface area contributed by atoms with Crippen molar-refractivity contribution in [1.29, 1.82) is 0 Å². The van der Waals surface area contributed by atoms with Crippen molar-refractivity contribution in [2.24, 2.45) is 0 Å². The van der Waals surface area contributed by atoms with E-state index in [1.54, 1.807) is 0 Å². The summed E-state index contributed by atoms with van der Waals surface area (Å²) >= 11 is 0. The molecule has 0 atom stereocenters. The van der Waals surface area contributed by atoms with Crippen LogP contribution in [0, 0.1) is 0 Å². The van der Waals surface area contributed by atoms with E-state index in [-0.39, 0.29) is 0 Å². The Morgan fingerprint density at radius 3 is 1.78 bits per heavy atom. The summed E-state index contributed by atoms with van der Waals surface area (Å²) in [5.74, 6) is 0.991. The zero-order chi connectivity index (χ0) is 39.6. The van der Waals surface area contributed by atoms with Crippen LogP contribution in [0.5, 0.6) is 0 Å². The Kier molecular flexibility index (Phi) is 8.02. The molecule has 0 aliphatic heterocycles. The van der Waals surface area contributed by atoms with Crippen molar-refractivity contribution in [3.8, 4) is 33.4 Å². The van der Waals surface area contributed by atoms with Crippen LogP contribution in [-0.2, 0) is 6.42 Å². The molecule has 0 N–H and O–H groups in total. The molecule has 1 heterocycles. The molecule has 2 heteroatoms. The van der Waals surface area contributed by atoms with E-state index in [1.165, 1.54) is 76.3 Å². The molecule has 1 aliphatic rings. The van der Waals surface area contributed by atoms with Crippen LogP contribution in [0.4, 0.5) is 17.1 Å². The number of allylic oxidation sites excluding steroid dienone is 1. The van der Waals surface area contributed by atoms with Crippen molar-refractivity contribution >= 4 is 77.2 Å². The second kappa shape index (κ2) is 14.0. The Hall–Kier alpha value is -7.68. The third-order valence-electron chi connectivity index (χ3n) is 12.5. The molecule has 0 fully saturated rings. The summed E-state index contributed by atoms with van der Waals surface area (Å²) in [5, 5.41) is 11.3. The van der Waals surface area contributed by atoms with Gasteiger partial charge in [-0.05, 0) is 138 Å². The van der Waals surface area contributed by atoms with Gasteiger partial charge in [-0.2, -0.15) is 0 Å². The number of aryl methyl sites for hydroxylation is 1. The molecular formula is C58H39NO. The van der Waals surface area contributed by atoms with Crippen molar-refractivity contribution in [2.75, 3.05) is 4.90 Å². The van der Waals surface area contributed by atoms with Crippen LogP contribution < -0.4 is 4.90 Å². The molecule has 2 nitrogen and oxygen atoms in total. The minimum absolute atomic E-state index is 0.963. The second-order valence-corrected chi connectivity index (χ2v) is 16.0. The Labute approximate surface area is 348 Å². The van der Waals surface area contributed by atoms with Crippen LogP contribution in [0.2, 0.25) is 0 Å². The van der Waals surface area contributed by atoms with E-state index in [0.717, 1.165) is 52.4 Å². The highest BCUT2D eigenvalue weighted by Crippen LogP contribution is 2.43. The topological polar surface area (TPSA) is 16.4 Å². The molecule has 0 bridgehead atoms. The number of anilines is 3. The molecule has 1 aliphatic carbocycles. The molecule has 10 aromatic carbocycles. The fraction of sp³-hybridized carbons (Fsp3) is 0.0345. The number of furan rings is 1. The van der Waals surface area contributed by atoms with Crippen LogP contribution >= 0.6 is 0 Å². The predicted molar refractivity (Wildman–Crippen MR) is 255 cm³/mol. The van der Waals surface area contributed by atoms with E-state index in [1.807, 2.05) is 0 Å². The van der Waals surface area contributed by atoms with Crippen molar-refractivity contribution in [1.82, 2.24) is 0 Å². The van der Waals surface area contributed by atoms with Gasteiger partial charge >= 0.3 is 0 Å². The highest BCUT2D eigenvalue weighted by molar-refractivity contribution is 6.14. The fourth-order valence-electron chi connectivity index (χ4n) is 9.58. The lowest BCUT2D eigenvalue weighted by Crippen LogP contribution is -2.10. The van der Waals surface area contributed by atoms with Gasteiger partial charge in [0.05, 0.1) is 0 Å². The van der Waals surface area contributed by atoms with Gasteiger partial charge in [0.2, 0.25) is 0 Å². The molecule has 0 amide bonds. The van der Waals surface area contributed by atoms with Crippen molar-refractivity contribution in [3.05, 3.63) is 218 Å². The van der Waals surface area contributed by atoms with E-state index in [0.29, 0.717) is 0 Å². The van der Waals surface area contributed by atoms with Gasteiger partial charge in [-0.25, -0.2) is 0 Å². The van der Waals surface area contributed by atoms with Crippen LogP contribution in [0.15, 0.2) is 211 Å². The average Bonchev–Trinajstić information content (AvgIpc) is 3.71. The Morgan fingerprint density at radius 2 is 0.967 bits per heavy atom. The first kappa shape index (κ1) is 34.4. The van der Waals surface area contributed by atoms with Crippen molar-refractivity contribution < 1.29 is 4.42 Å². The monoisotopic (exact) mass is 765 g/mol. The van der Waals surface area contributed by atoms with E-state index in [9.17, 15) is 0 Å². The van der Waals surface area contributed by atoms with Crippen molar-refractivity contribution in [3.63, 3.8) is 0 Å². The lowest BCUT2D eigenvalue weighted by molar-refractivity contribution is 0.596. The molecule has 11 aromatic rings. The first-order valence-electron chi connectivity index (χ1n) is 20.9. The van der Waals surface area contributed by atoms with Crippen LogP contribution in [0.1, 0.15) is 17.7 Å². The van der Waals surface area contributed by atoms with Crippen LogP contribution in [0.3, 0.4) is 0 Å². The summed E-state index contributed by atoms with van der Waals surface area (Å²) in [5.41, 5.74) is 12.5. The Balaban J connectivity index is 1.01. The SMILES string of the molecule is C1=Cc2oc3c(-c4ccc(N(c5cccc(-c6ccc7ccc8ccccc8c7c6)c5)c5cccc(-c6cc7ccccc7c7ccccc67)c5)cc4)cccc3c2CC1. The standard InChI is InChI=1S/C58H39NO/c1-3-18-48-38(12-1)26-27-40-28-29-42(36-55(40)48)41-14-9-16-46(34-41)59(45-32-30-39(31-33-45)50-23-11-24-54-53-22-7-8-25-57(53)60-58(50)54)47-17-10-15-43(35-47)56-37-44-13-2-4-19-49(44)51-20-5-6-21-52(51)56/h1-6,8-21,23-37H,7,22H2. The molecular weight excluding hydrogens is 727 g/mol. The Bertz CT molecular complexity index is 3500. The number of benzene rings is 10. The number of rotatable bonds is 6. The molecule has 0 unspecified atom stereocenters. The summed E-state index contributed by atoms with van der Waals surface area (Å²) in [6.07, 6.45) is 6.40. The maximum Gasteiger partial charge on any atom is 0.142 e. The van der Waals surface area contributed by atoms with E-state index >= 15 is 0 Å². The molecule has 0 radical (unpaired) electrons. The van der Waals surface area contributed by atoms with E-state index in [4.69, 9.17) is 4.42 Å². The normalized spacial score (nSPS) is 12.5. The first-order chi connectivity index (χ1) is 29.7. The lowest BCUT2D eigenvalue weighted by atomic mass is 9.93. The summed E-state index contributed by atoms with van der Waals surface area (Å²) in [4.78, 5) is 2.40. The number of hydrogen-bond acceptors (Lipinski definition) is 2. The van der Waals surface area contributed by atoms with Gasteiger partial charge in [0, 0.05) is 33.6 Å². The zero-order valence-electron chi connectivity index (χ0n) is 33.0. The largest absolute Gasteiger partial charge is 0.456 e. The van der Waals surface area contributed by atoms with E-state index in [2.05, 4.69) is 217 Å². The number of para-hydroxylation sites is 1. The van der Waals surface area contributed by atoms with Crippen LogP contribution in [-0.4, -0.2) is 0 Å². The quantitative estimate of drug-likeness (QED) is 0.157. The zero-order valence-corrected chi connectivity index (χ0v) is 33.0. The summed E-state index contributed by atoms with van der Waals surface area (Å²) in [7, 11) is 0. The van der Waals surface area contributed by atoms with Gasteiger partial charge in [-0.15, -0.1) is 0 Å². The number of fused-ring (bicyclic) bond motifs is 9. The summed E-state index contributed by atoms with van der Waals surface area (Å²) in [6.45, 7) is 0. The smallest absolute Gasteiger partial charge is 0.142 e. The molecule has 0 saturated carbocycles. The molecule has 1 aromatic heterocycles. The second-order valence-electron chi connectivity index (χ2n) is 16.0. The van der Waals surface area contributed by atoms with Gasteiger partial charge in [0.1, 0.15) is 11.3 Å². The van der Waals surface area contributed by atoms with E-state index < -0.39 is 0 Å². The molecule has 282 valence electrons. The highest BCUT2D eigenvalue weighted by Gasteiger charge is 2.20. The first-order valence-corrected chi connectivity index (χ1v) is 20.9. The summed E-state index contributed by atoms with van der Waals surface area (Å²) in [6, 6.07) is 73.4. The van der Waals surface area contributed by atoms with Gasteiger partial charge in [-0.1, -0.05) is 158 Å². The molecule has 60 heavy (non-hydrogen) atoms. The number of nitrogens with zero attached hydrogens (tertiary/aromatic N) is 1. The van der Waals surface area contributed by atoms with Gasteiger partial charge < -0.3 is 9.32 Å². The highest BCUT2D eigenvalue weighted by atomic mass is 16.3. The third-order valence-corrected chi connectivity index (χ3v) is 12.5. The minimum Gasteiger partial charge on any atom is -0.456 e. The van der Waals surface area contributed by atoms with Gasteiger partial charge in [0.15, 0.2) is 0 Å². The molecule has 0 saturated heterocycles. The number of hydrogen-bond donors (Lipinski definition) is 0. The average molecular weight is 766 g/mol. The van der Waals surface area contributed by atoms with Gasteiger partial charge in [-0.3, -0.25) is 0 Å². The lowest BCUT2D eigenvalue weighted by Gasteiger charge is -2.27. The minimum atomic E-state index is 0.963.